The number of phenolic OH excluding ortho intramolecular Hbond substituents is 2. The van der Waals surface area contributed by atoms with E-state index in [1.165, 1.54) is 54.6 Å². The normalized spacial score (nSPS) is 11.7. The third-order valence-electron chi connectivity index (χ3n) is 6.14. The predicted octanol–water partition coefficient (Wildman–Crippen LogP) is 5.78. The van der Waals surface area contributed by atoms with Gasteiger partial charge in [0.1, 0.15) is 32.8 Å². The fourth-order valence-electron chi connectivity index (χ4n) is 4.00. The number of sulfone groups is 2. The van der Waals surface area contributed by atoms with Crippen molar-refractivity contribution in [1.29, 1.82) is 0 Å². The van der Waals surface area contributed by atoms with Crippen molar-refractivity contribution >= 4 is 19.7 Å². The van der Waals surface area contributed by atoms with E-state index in [0.29, 0.717) is 19.0 Å². The van der Waals surface area contributed by atoms with Crippen molar-refractivity contribution < 1.29 is 36.5 Å². The minimum atomic E-state index is -3.83. The van der Waals surface area contributed by atoms with Crippen LogP contribution in [0.25, 0.3) is 0 Å². The molecule has 0 saturated heterocycles. The SMILES string of the molecule is O=S(=O)(c1ccc(OCCCCCCOc2ccccc2S(=O)(=O)c2ccc(O)cc2)cc1)c1ccccc1O. The Morgan fingerprint density at radius 2 is 1.02 bits per heavy atom. The third kappa shape index (κ3) is 6.94. The molecule has 0 radical (unpaired) electrons. The molecule has 0 aliphatic rings. The molecule has 10 heteroatoms. The Hall–Kier alpha value is -4.02. The molecular weight excluding hydrogens is 552 g/mol. The van der Waals surface area contributed by atoms with Crippen molar-refractivity contribution in [1.82, 2.24) is 0 Å². The first-order valence-electron chi connectivity index (χ1n) is 12.7. The third-order valence-corrected chi connectivity index (χ3v) is 9.77. The zero-order valence-electron chi connectivity index (χ0n) is 21.6. The van der Waals surface area contributed by atoms with E-state index in [9.17, 15) is 27.0 Å². The fraction of sp³-hybridized carbons (Fsp3) is 0.200. The van der Waals surface area contributed by atoms with Gasteiger partial charge in [0.15, 0.2) is 0 Å². The van der Waals surface area contributed by atoms with Gasteiger partial charge < -0.3 is 19.7 Å². The molecule has 0 spiro atoms. The lowest BCUT2D eigenvalue weighted by molar-refractivity contribution is 0.283. The van der Waals surface area contributed by atoms with Crippen LogP contribution in [-0.2, 0) is 19.7 Å². The second-order valence-corrected chi connectivity index (χ2v) is 12.8. The Labute approximate surface area is 234 Å². The summed E-state index contributed by atoms with van der Waals surface area (Å²) in [5.74, 6) is 0.525. The molecule has 4 aromatic carbocycles. The smallest absolute Gasteiger partial charge is 0.210 e. The summed E-state index contributed by atoms with van der Waals surface area (Å²) in [4.78, 5) is 0.0791. The maximum Gasteiger partial charge on any atom is 0.210 e. The van der Waals surface area contributed by atoms with Crippen LogP contribution in [-0.4, -0.2) is 40.3 Å². The van der Waals surface area contributed by atoms with Gasteiger partial charge in [-0.15, -0.1) is 0 Å². The highest BCUT2D eigenvalue weighted by atomic mass is 32.2. The molecule has 0 heterocycles. The van der Waals surface area contributed by atoms with Gasteiger partial charge >= 0.3 is 0 Å². The van der Waals surface area contributed by atoms with Crippen LogP contribution < -0.4 is 9.47 Å². The lowest BCUT2D eigenvalue weighted by Crippen LogP contribution is -2.06. The lowest BCUT2D eigenvalue weighted by atomic mass is 10.2. The number of aromatic hydroxyl groups is 2. The van der Waals surface area contributed by atoms with Crippen LogP contribution in [0.4, 0.5) is 0 Å². The van der Waals surface area contributed by atoms with E-state index in [1.807, 2.05) is 0 Å². The zero-order valence-corrected chi connectivity index (χ0v) is 23.3. The first kappa shape index (κ1) is 29.0. The summed E-state index contributed by atoms with van der Waals surface area (Å²) in [5, 5.41) is 19.3. The van der Waals surface area contributed by atoms with Gasteiger partial charge in [-0.05, 0) is 98.5 Å². The molecule has 0 saturated carbocycles. The topological polar surface area (TPSA) is 127 Å². The average Bonchev–Trinajstić information content (AvgIpc) is 2.95. The Morgan fingerprint density at radius 1 is 0.525 bits per heavy atom. The standard InChI is InChI=1S/C30H30O8S2/c31-23-13-17-25(18-14-23)40(35,36)30-12-6-4-10-28(30)38-22-8-2-1-7-21-37-24-15-19-26(20-16-24)39(33,34)29-11-5-3-9-27(29)32/h3-6,9-20,31-32H,1-2,7-8,21-22H2. The largest absolute Gasteiger partial charge is 0.508 e. The first-order valence-corrected chi connectivity index (χ1v) is 15.7. The van der Waals surface area contributed by atoms with Gasteiger partial charge in [0.25, 0.3) is 0 Å². The predicted molar refractivity (Wildman–Crippen MR) is 149 cm³/mol. The quantitative estimate of drug-likeness (QED) is 0.190. The van der Waals surface area contributed by atoms with E-state index >= 15 is 0 Å². The van der Waals surface area contributed by atoms with Crippen LogP contribution in [0.5, 0.6) is 23.0 Å². The summed E-state index contributed by atoms with van der Waals surface area (Å²) in [6.45, 7) is 0.815. The van der Waals surface area contributed by atoms with Crippen molar-refractivity contribution in [3.63, 3.8) is 0 Å². The zero-order chi connectivity index (χ0) is 28.6. The van der Waals surface area contributed by atoms with Crippen LogP contribution >= 0.6 is 0 Å². The molecule has 0 bridgehead atoms. The molecule has 0 atom stereocenters. The molecule has 0 amide bonds. The monoisotopic (exact) mass is 582 g/mol. The van der Waals surface area contributed by atoms with E-state index < -0.39 is 19.7 Å². The van der Waals surface area contributed by atoms with Gasteiger partial charge in [-0.25, -0.2) is 16.8 Å². The molecule has 0 aromatic heterocycles. The molecule has 0 aliphatic heterocycles. The Balaban J connectivity index is 1.20. The van der Waals surface area contributed by atoms with Crippen molar-refractivity contribution in [2.24, 2.45) is 0 Å². The van der Waals surface area contributed by atoms with Gasteiger partial charge in [0.2, 0.25) is 19.7 Å². The number of unbranched alkanes of at least 4 members (excludes halogenated alkanes) is 3. The number of hydrogen-bond acceptors (Lipinski definition) is 8. The van der Waals surface area contributed by atoms with Crippen LogP contribution in [0.1, 0.15) is 25.7 Å². The number of ether oxygens (including phenoxy) is 2. The summed E-state index contributed by atoms with van der Waals surface area (Å²) in [5.41, 5.74) is 0. The van der Waals surface area contributed by atoms with Crippen LogP contribution in [0.2, 0.25) is 0 Å². The van der Waals surface area contributed by atoms with E-state index in [1.54, 1.807) is 42.5 Å². The maximum atomic E-state index is 13.0. The number of rotatable bonds is 13. The van der Waals surface area contributed by atoms with Crippen LogP contribution in [0.15, 0.2) is 117 Å². The Morgan fingerprint density at radius 3 is 1.65 bits per heavy atom. The van der Waals surface area contributed by atoms with Crippen molar-refractivity contribution in [3.05, 3.63) is 97.1 Å². The van der Waals surface area contributed by atoms with E-state index in [0.717, 1.165) is 25.7 Å². The average molecular weight is 583 g/mol. The van der Waals surface area contributed by atoms with Gasteiger partial charge in [-0.2, -0.15) is 0 Å². The van der Waals surface area contributed by atoms with Gasteiger partial charge in [0.05, 0.1) is 23.0 Å². The molecule has 2 N–H and O–H groups in total. The highest BCUT2D eigenvalue weighted by molar-refractivity contribution is 7.92. The number of phenols is 2. The van der Waals surface area contributed by atoms with Crippen molar-refractivity contribution in [3.8, 4) is 23.0 Å². The Bertz CT molecular complexity index is 1630. The molecule has 0 fully saturated rings. The van der Waals surface area contributed by atoms with E-state index in [-0.39, 0.29) is 36.8 Å². The minimum Gasteiger partial charge on any atom is -0.508 e. The minimum absolute atomic E-state index is 0.0111. The number of para-hydroxylation sites is 2. The van der Waals surface area contributed by atoms with Crippen LogP contribution in [0.3, 0.4) is 0 Å². The molecule has 4 aromatic rings. The van der Waals surface area contributed by atoms with Crippen molar-refractivity contribution in [2.45, 2.75) is 45.3 Å². The molecule has 8 nitrogen and oxygen atoms in total. The van der Waals surface area contributed by atoms with Crippen LogP contribution in [0, 0.1) is 0 Å². The summed E-state index contributed by atoms with van der Waals surface area (Å²) in [6.07, 6.45) is 3.24. The van der Waals surface area contributed by atoms with Gasteiger partial charge in [0, 0.05) is 0 Å². The lowest BCUT2D eigenvalue weighted by Gasteiger charge is -2.12. The second-order valence-electron chi connectivity index (χ2n) is 9.00. The van der Waals surface area contributed by atoms with E-state index in [4.69, 9.17) is 9.47 Å². The fourth-order valence-corrected chi connectivity index (χ4v) is 6.75. The summed E-state index contributed by atoms with van der Waals surface area (Å²) in [6, 6.07) is 23.8. The second kappa shape index (κ2) is 12.9. The highest BCUT2D eigenvalue weighted by Crippen LogP contribution is 2.31. The highest BCUT2D eigenvalue weighted by Gasteiger charge is 2.22. The van der Waals surface area contributed by atoms with Gasteiger partial charge in [-0.3, -0.25) is 0 Å². The molecular formula is C30H30O8S2. The summed E-state index contributed by atoms with van der Waals surface area (Å²) >= 11 is 0. The maximum absolute atomic E-state index is 13.0. The molecule has 0 aliphatic carbocycles. The number of hydrogen-bond donors (Lipinski definition) is 2. The van der Waals surface area contributed by atoms with Crippen molar-refractivity contribution in [2.75, 3.05) is 13.2 Å². The Kier molecular flexibility index (Phi) is 9.34. The molecule has 4 rings (SSSR count). The number of benzene rings is 4. The van der Waals surface area contributed by atoms with E-state index in [2.05, 4.69) is 0 Å². The molecule has 40 heavy (non-hydrogen) atoms. The molecule has 0 unspecified atom stereocenters. The molecule has 210 valence electrons. The summed E-state index contributed by atoms with van der Waals surface area (Å²) in [7, 11) is -7.62. The first-order chi connectivity index (χ1) is 19.2. The summed E-state index contributed by atoms with van der Waals surface area (Å²) < 4.78 is 63.0. The van der Waals surface area contributed by atoms with Gasteiger partial charge in [-0.1, -0.05) is 24.3 Å².